The van der Waals surface area contributed by atoms with Gasteiger partial charge in [-0.3, -0.25) is 42.6 Å². The van der Waals surface area contributed by atoms with Crippen LogP contribution >= 0.6 is 36.1 Å². The predicted molar refractivity (Wildman–Crippen MR) is 584 cm³/mol. The fraction of sp³-hybridized carbons (Fsp3) is 0.796. The molecule has 1 aromatic carbocycles. The number of likely N-dealkylation sites (tertiary alicyclic amines) is 2. The van der Waals surface area contributed by atoms with Crippen LogP contribution in [0.3, 0.4) is 0 Å². The number of benzene rings is 1. The largest absolute Gasteiger partial charge is 0.494 e. The maximum absolute atomic E-state index is 13.7. The Morgan fingerprint density at radius 3 is 1.71 bits per heavy atom. The summed E-state index contributed by atoms with van der Waals surface area (Å²) in [7, 11) is 0.305. The van der Waals surface area contributed by atoms with Crippen molar-refractivity contribution in [1.82, 2.24) is 41.4 Å². The molecule has 0 spiro atoms. The number of nitrogens with one attached hydrogen (secondary N) is 5. The van der Waals surface area contributed by atoms with Crippen molar-refractivity contribution < 1.29 is 116 Å². The smallest absolute Gasteiger partial charge is 0.472 e. The minimum absolute atomic E-state index is 0.00630. The number of carbonyl (C=O) groups excluding carboxylic acids is 7. The summed E-state index contributed by atoms with van der Waals surface area (Å²) in [5.74, 6) is -0.825. The van der Waals surface area contributed by atoms with Crippen molar-refractivity contribution in [3.63, 3.8) is 0 Å². The van der Waals surface area contributed by atoms with Crippen molar-refractivity contribution >= 4 is 95.0 Å². The zero-order valence-corrected chi connectivity index (χ0v) is 93.6. The van der Waals surface area contributed by atoms with Crippen molar-refractivity contribution in [3.8, 4) is 5.75 Å². The summed E-state index contributed by atoms with van der Waals surface area (Å²) >= 11 is 4.80. The Bertz CT molecular complexity index is 3890. The van der Waals surface area contributed by atoms with E-state index in [0.717, 1.165) is 109 Å². The van der Waals surface area contributed by atoms with Crippen LogP contribution in [0.2, 0.25) is 0 Å². The van der Waals surface area contributed by atoms with Gasteiger partial charge in [-0.2, -0.15) is 9.78 Å². The standard InChI is InChI=1S/C108H189N9O24P2S3/c1-7-10-13-15-17-19-21-23-25-27-29-31-33-35-37-47-68-108(69-48-38-36-34-32-30-28-26-24-22-20-18-16-14-11-8-2)135-86-94(139-108)66-74-115(6)73-52-40-39-49-70-110-99(121)59-54-76-133-93-64-62-89(63-65-93)88(5)113-114-101(123)67-78-146-145-77-55-61-103(125)117-82-95(80-91(117)85-137-143(132,144)141-129)140-142(130,131)136-84-90-79-92(119)81-116(90)102(124)60-45-42-50-71-109-98(120)57-44-41-51-72-111-106(128)96(56-43-12-9-3)112-100(122)58-46-53-75-134-107-87(4)104(126)105(127)97(83-118)138-107/h17-20,23-26,62-65,87,90-92,94-97,104-105,107,118-119,126-127,129H,7-16,21-22,27-61,66-86H2,1-6H3,(H,109,120)(H,110,121)(H,111,128)(H,112,122)(H,114,123)(H,130,131)(H,132,144)/b19-17-,20-18-,25-23-,26-24-,113-88+/t87-,90-,91-,92+,94?,95+,96-,97?,104+,105-,107?,143?/m0/s1. The number of nitrogens with zero attached hydrogens (tertiary/aromatic N) is 4. The zero-order chi connectivity index (χ0) is 106. The van der Waals surface area contributed by atoms with Crippen LogP contribution < -0.4 is 31.4 Å². The summed E-state index contributed by atoms with van der Waals surface area (Å²) in [6.45, 7) is 9.24. The maximum Gasteiger partial charge on any atom is 0.472 e. The SMILES string of the molecule is CCCCC/C=C\C/C=C\CCCCCCCCC1(CCCCCCCC/C=C\C/C=C\CCCCC)OCC(CCN(C)CCCCCCNC(=O)CCCOc2ccc(/C(C)=N/NC(=O)CCSSCCCC(=O)N3C[C@H](OP(=O)(O)OC[C@@H]4C[C@@H](O)CN4C(=O)CCCCCNC(=O)CCCCCNC(=O)[C@H](CCCCC)NC(=O)CCCCOC4OC(CO)[C@H](O)[C@H](O)[C@@H]4C)C[C@H]3COP(O)(=S)OO)cc2)O1. The molecule has 33 nitrogen and oxygen atoms in total. The van der Waals surface area contributed by atoms with Crippen molar-refractivity contribution in [2.75, 3.05) is 104 Å². The molecule has 7 amide bonds. The van der Waals surface area contributed by atoms with E-state index in [4.69, 9.17) is 54.3 Å². The number of carbonyl (C=O) groups is 7. The molecule has 0 saturated carbocycles. The van der Waals surface area contributed by atoms with Crippen molar-refractivity contribution in [2.24, 2.45) is 11.0 Å². The summed E-state index contributed by atoms with van der Waals surface area (Å²) in [5.41, 5.74) is 4.02. The fourth-order valence-corrected chi connectivity index (χ4v) is 21.8. The van der Waals surface area contributed by atoms with Crippen molar-refractivity contribution in [1.29, 1.82) is 0 Å². The molecule has 1 aromatic rings. The van der Waals surface area contributed by atoms with Gasteiger partial charge >= 0.3 is 14.5 Å². The van der Waals surface area contributed by atoms with Crippen molar-refractivity contribution in [3.05, 3.63) is 78.4 Å². The van der Waals surface area contributed by atoms with Crippen LogP contribution in [-0.2, 0) is 87.1 Å². The Morgan fingerprint density at radius 1 is 0.575 bits per heavy atom. The highest BCUT2D eigenvalue weighted by atomic mass is 33.1. The third-order valence-electron chi connectivity index (χ3n) is 27.0. The van der Waals surface area contributed by atoms with Crippen LogP contribution in [0.5, 0.6) is 5.75 Å². The number of phosphoric acid groups is 1. The van der Waals surface area contributed by atoms with Gasteiger partial charge in [-0.25, -0.2) is 15.2 Å². The van der Waals surface area contributed by atoms with Crippen molar-refractivity contribution in [2.45, 2.75) is 442 Å². The number of hydrogen-bond donors (Lipinski definition) is 12. The van der Waals surface area contributed by atoms with E-state index in [2.05, 4.69) is 118 Å². The average molecular weight is 2160 g/mol. The molecule has 838 valence electrons. The lowest BCUT2D eigenvalue weighted by molar-refractivity contribution is -0.282. The first-order chi connectivity index (χ1) is 70.6. The van der Waals surface area contributed by atoms with Crippen LogP contribution in [0.1, 0.15) is 380 Å². The van der Waals surface area contributed by atoms with Gasteiger partial charge in [0.05, 0.1) is 75.2 Å². The molecule has 4 aliphatic rings. The van der Waals surface area contributed by atoms with Gasteiger partial charge in [-0.05, 0) is 229 Å². The number of unbranched alkanes of at least 4 members (excludes halogenated alkanes) is 28. The number of aliphatic hydroxyl groups excluding tert-OH is 4. The first kappa shape index (κ1) is 131. The van der Waals surface area contributed by atoms with Gasteiger partial charge in [-0.1, -0.05) is 220 Å². The van der Waals surface area contributed by atoms with E-state index >= 15 is 0 Å². The normalized spacial score (nSPS) is 20.8. The van der Waals surface area contributed by atoms with Gasteiger partial charge in [-0.15, -0.1) is 0 Å². The van der Waals surface area contributed by atoms with Crippen LogP contribution in [0.4, 0.5) is 0 Å². The van der Waals surface area contributed by atoms with E-state index in [1.165, 1.54) is 160 Å². The third kappa shape index (κ3) is 61.1. The molecular formula is C108H189N9O24P2S3. The third-order valence-corrected chi connectivity index (χ3v) is 31.8. The molecular weight excluding hydrogens is 1970 g/mol. The molecule has 5 unspecified atom stereocenters. The average Bonchev–Trinajstić information content (AvgIpc) is 1.80. The summed E-state index contributed by atoms with van der Waals surface area (Å²) in [6.07, 6.45) is 59.7. The van der Waals surface area contributed by atoms with E-state index in [-0.39, 0.29) is 106 Å². The number of phosphoric ester groups is 1. The number of hydrazone groups is 1. The molecule has 4 aliphatic heterocycles. The van der Waals surface area contributed by atoms with Crippen LogP contribution in [0, 0.1) is 5.92 Å². The van der Waals surface area contributed by atoms with Crippen LogP contribution in [-0.4, -0.2) is 268 Å². The number of amides is 7. The maximum atomic E-state index is 13.7. The second-order valence-corrected chi connectivity index (χ2v) is 46.7. The summed E-state index contributed by atoms with van der Waals surface area (Å²) in [4.78, 5) is 118. The Labute approximate surface area is 887 Å². The van der Waals surface area contributed by atoms with Crippen LogP contribution in [0.15, 0.2) is 78.0 Å². The Balaban J connectivity index is 0.872. The van der Waals surface area contributed by atoms with E-state index in [1.807, 2.05) is 24.3 Å². The highest BCUT2D eigenvalue weighted by molar-refractivity contribution is 8.76. The van der Waals surface area contributed by atoms with E-state index in [0.29, 0.717) is 139 Å². The quantitative estimate of drug-likeness (QED) is 0.00548. The minimum Gasteiger partial charge on any atom is -0.494 e. The second kappa shape index (κ2) is 81.6. The topological polar surface area (TPSA) is 443 Å². The number of aliphatic hydroxyl groups is 4. The molecule has 5 rings (SSSR count). The number of β-amino-alcohol motifs (C(OH)–C–C–N with tert-alkyl or cyclic N) is 1. The second-order valence-electron chi connectivity index (χ2n) is 39.8. The number of hydrogen-bond acceptors (Lipinski definition) is 27. The first-order valence-electron chi connectivity index (χ1n) is 55.6. The summed E-state index contributed by atoms with van der Waals surface area (Å²) < 4.78 is 64.6. The fourth-order valence-electron chi connectivity index (χ4n) is 18.2. The molecule has 146 heavy (non-hydrogen) atoms. The summed E-state index contributed by atoms with van der Waals surface area (Å²) in [6, 6.07) is 5.13. The lowest BCUT2D eigenvalue weighted by atomic mass is 9.92. The molecule has 0 aliphatic carbocycles. The van der Waals surface area contributed by atoms with Gasteiger partial charge in [0.1, 0.15) is 24.0 Å². The first-order valence-corrected chi connectivity index (χ1v) is 62.2. The lowest BCUT2D eigenvalue weighted by Crippen LogP contribution is -2.55. The molecule has 13 atom stereocenters. The molecule has 0 aromatic heterocycles. The van der Waals surface area contributed by atoms with Gasteiger partial charge < -0.3 is 94.4 Å². The summed E-state index contributed by atoms with van der Waals surface area (Å²) in [5, 5.41) is 65.7. The highest BCUT2D eigenvalue weighted by Gasteiger charge is 2.45. The molecule has 4 saturated heterocycles. The lowest BCUT2D eigenvalue weighted by Gasteiger charge is -2.40. The predicted octanol–water partition coefficient (Wildman–Crippen LogP) is 19.2. The van der Waals surface area contributed by atoms with E-state index < -0.39 is 101 Å². The minimum atomic E-state index is -4.85. The Hall–Kier alpha value is -5.12. The number of allylic oxidation sites excluding steroid dienone is 8. The molecule has 38 heteroatoms. The van der Waals surface area contributed by atoms with Gasteiger partial charge in [0.25, 0.3) is 0 Å². The molecule has 0 bridgehead atoms. The molecule has 0 radical (unpaired) electrons. The Morgan fingerprint density at radius 2 is 1.10 bits per heavy atom. The highest BCUT2D eigenvalue weighted by Crippen LogP contribution is 2.49. The number of ether oxygens (including phenoxy) is 5. The molecule has 4 heterocycles. The van der Waals surface area contributed by atoms with E-state index in [9.17, 15) is 68.3 Å². The van der Waals surface area contributed by atoms with Gasteiger partial charge in [0.2, 0.25) is 41.4 Å². The van der Waals surface area contributed by atoms with Gasteiger partial charge in [0, 0.05) is 115 Å². The Kier molecular flexibility index (Phi) is 73.4. The van der Waals surface area contributed by atoms with E-state index in [1.54, 1.807) is 13.8 Å². The monoisotopic (exact) mass is 2150 g/mol. The van der Waals surface area contributed by atoms with Crippen LogP contribution in [0.25, 0.3) is 0 Å². The zero-order valence-electron chi connectivity index (χ0n) is 89.3. The number of rotatable bonds is 89. The molecule has 12 N–H and O–H groups in total. The molecule has 4 fully saturated rings. The van der Waals surface area contributed by atoms with Gasteiger partial charge in [0.15, 0.2) is 12.1 Å².